The van der Waals surface area contributed by atoms with Gasteiger partial charge in [-0.05, 0) is 32.3 Å². The molecular formula is C19H19ClFN3O3. The molecule has 3 heterocycles. The van der Waals surface area contributed by atoms with Crippen LogP contribution in [0, 0.1) is 5.82 Å². The first-order valence-electron chi connectivity index (χ1n) is 9.19. The number of pyridine rings is 1. The second-order valence-electron chi connectivity index (χ2n) is 7.84. The van der Waals surface area contributed by atoms with Crippen LogP contribution in [0.4, 0.5) is 10.1 Å². The molecule has 3 atom stereocenters. The molecule has 2 aliphatic heterocycles. The third-order valence-corrected chi connectivity index (χ3v) is 6.42. The lowest BCUT2D eigenvalue weighted by Gasteiger charge is -2.35. The Kier molecular flexibility index (Phi) is 3.58. The van der Waals surface area contributed by atoms with Gasteiger partial charge in [0.15, 0.2) is 0 Å². The predicted octanol–water partition coefficient (Wildman–Crippen LogP) is 2.77. The van der Waals surface area contributed by atoms with E-state index < -0.39 is 17.2 Å². The number of piperazine rings is 1. The molecule has 5 rings (SSSR count). The Morgan fingerprint density at radius 3 is 2.74 bits per heavy atom. The number of aromatic carboxylic acids is 1. The van der Waals surface area contributed by atoms with E-state index >= 15 is 4.39 Å². The lowest BCUT2D eigenvalue weighted by Crippen LogP contribution is -2.49. The largest absolute Gasteiger partial charge is 0.477 e. The summed E-state index contributed by atoms with van der Waals surface area (Å²) in [6.45, 7) is 2.74. The number of aromatic nitrogens is 1. The molecule has 6 nitrogen and oxygen atoms in total. The predicted molar refractivity (Wildman–Crippen MR) is 101 cm³/mol. The summed E-state index contributed by atoms with van der Waals surface area (Å²) in [6, 6.07) is 1.94. The SMILES string of the molecule is CC1NC2CC1N(c1c(F)cc3c(=O)c(C(=O)O)cn(C4CC4)c3c1Cl)C2. The van der Waals surface area contributed by atoms with Crippen LogP contribution in [0.15, 0.2) is 17.1 Å². The highest BCUT2D eigenvalue weighted by molar-refractivity contribution is 6.38. The van der Waals surface area contributed by atoms with Crippen LogP contribution >= 0.6 is 11.6 Å². The molecule has 142 valence electrons. The Hall–Kier alpha value is -2.12. The van der Waals surface area contributed by atoms with Crippen LogP contribution in [0.1, 0.15) is 42.6 Å². The molecule has 1 aromatic heterocycles. The zero-order chi connectivity index (χ0) is 19.0. The highest BCUT2D eigenvalue weighted by Crippen LogP contribution is 2.44. The highest BCUT2D eigenvalue weighted by atomic mass is 35.5. The van der Waals surface area contributed by atoms with Crippen molar-refractivity contribution in [3.63, 3.8) is 0 Å². The quantitative estimate of drug-likeness (QED) is 0.841. The second-order valence-corrected chi connectivity index (χ2v) is 8.22. The van der Waals surface area contributed by atoms with Gasteiger partial charge in [-0.2, -0.15) is 0 Å². The number of carboxylic acid groups (broad SMARTS) is 1. The van der Waals surface area contributed by atoms with Crippen molar-refractivity contribution < 1.29 is 14.3 Å². The number of rotatable bonds is 3. The third-order valence-electron chi connectivity index (χ3n) is 6.06. The normalized spacial score (nSPS) is 26.9. The Morgan fingerprint density at radius 1 is 1.41 bits per heavy atom. The molecule has 8 heteroatoms. The molecule has 2 saturated heterocycles. The smallest absolute Gasteiger partial charge is 0.341 e. The van der Waals surface area contributed by atoms with Crippen molar-refractivity contribution in [2.45, 2.75) is 50.4 Å². The Labute approximate surface area is 159 Å². The van der Waals surface area contributed by atoms with Crippen molar-refractivity contribution in [1.82, 2.24) is 9.88 Å². The van der Waals surface area contributed by atoms with E-state index in [1.54, 1.807) is 4.57 Å². The van der Waals surface area contributed by atoms with Gasteiger partial charge in [-0.15, -0.1) is 0 Å². The number of anilines is 1. The van der Waals surface area contributed by atoms with Gasteiger partial charge < -0.3 is 19.9 Å². The number of nitrogens with one attached hydrogen (secondary N) is 1. The van der Waals surface area contributed by atoms with Crippen LogP contribution in [0.5, 0.6) is 0 Å². The van der Waals surface area contributed by atoms with Crippen molar-refractivity contribution in [3.8, 4) is 0 Å². The summed E-state index contributed by atoms with van der Waals surface area (Å²) in [5.41, 5.74) is -0.286. The van der Waals surface area contributed by atoms with Crippen LogP contribution in [0.25, 0.3) is 10.9 Å². The zero-order valence-electron chi connectivity index (χ0n) is 14.7. The van der Waals surface area contributed by atoms with E-state index in [-0.39, 0.29) is 34.1 Å². The van der Waals surface area contributed by atoms with Crippen molar-refractivity contribution in [2.24, 2.45) is 0 Å². The number of benzene rings is 1. The van der Waals surface area contributed by atoms with E-state index in [1.807, 2.05) is 4.90 Å². The van der Waals surface area contributed by atoms with Crippen LogP contribution in [0.3, 0.4) is 0 Å². The Morgan fingerprint density at radius 2 is 2.15 bits per heavy atom. The minimum absolute atomic E-state index is 0.0311. The first-order valence-corrected chi connectivity index (χ1v) is 9.57. The summed E-state index contributed by atoms with van der Waals surface area (Å²) in [6.07, 6.45) is 4.06. The topological polar surface area (TPSA) is 74.6 Å². The molecular weight excluding hydrogens is 373 g/mol. The molecule has 1 aromatic carbocycles. The van der Waals surface area contributed by atoms with Crippen LogP contribution in [-0.2, 0) is 0 Å². The molecule has 1 saturated carbocycles. The molecule has 3 unspecified atom stereocenters. The molecule has 2 aromatic rings. The van der Waals surface area contributed by atoms with Crippen LogP contribution in [-0.4, -0.2) is 40.3 Å². The van der Waals surface area contributed by atoms with Crippen molar-refractivity contribution in [3.05, 3.63) is 38.9 Å². The van der Waals surface area contributed by atoms with E-state index in [4.69, 9.17) is 11.6 Å². The van der Waals surface area contributed by atoms with Gasteiger partial charge >= 0.3 is 5.97 Å². The molecule has 1 aliphatic carbocycles. The molecule has 2 N–H and O–H groups in total. The maximum Gasteiger partial charge on any atom is 0.341 e. The van der Waals surface area contributed by atoms with E-state index in [0.717, 1.165) is 25.3 Å². The van der Waals surface area contributed by atoms with Crippen molar-refractivity contribution in [1.29, 1.82) is 0 Å². The summed E-state index contributed by atoms with van der Waals surface area (Å²) in [5.74, 6) is -1.89. The molecule has 2 bridgehead atoms. The van der Waals surface area contributed by atoms with Gasteiger partial charge in [0.1, 0.15) is 11.4 Å². The van der Waals surface area contributed by atoms with E-state index in [1.165, 1.54) is 6.20 Å². The minimum atomic E-state index is -1.31. The number of hydrogen-bond donors (Lipinski definition) is 2. The van der Waals surface area contributed by atoms with Gasteiger partial charge in [-0.25, -0.2) is 9.18 Å². The zero-order valence-corrected chi connectivity index (χ0v) is 15.5. The average Bonchev–Trinajstić information content (AvgIpc) is 3.28. The molecule has 0 radical (unpaired) electrons. The van der Waals surface area contributed by atoms with Gasteiger partial charge in [0, 0.05) is 36.9 Å². The lowest BCUT2D eigenvalue weighted by molar-refractivity contribution is 0.0695. The number of carboxylic acids is 1. The summed E-state index contributed by atoms with van der Waals surface area (Å²) < 4.78 is 16.9. The molecule has 0 spiro atoms. The summed E-state index contributed by atoms with van der Waals surface area (Å²) in [7, 11) is 0. The monoisotopic (exact) mass is 391 g/mol. The maximum atomic E-state index is 15.1. The highest BCUT2D eigenvalue weighted by Gasteiger charge is 2.44. The number of halogens is 2. The molecule has 27 heavy (non-hydrogen) atoms. The number of carbonyl (C=O) groups is 1. The average molecular weight is 392 g/mol. The number of nitrogens with zero attached hydrogens (tertiary/aromatic N) is 2. The van der Waals surface area contributed by atoms with Gasteiger partial charge in [0.2, 0.25) is 5.43 Å². The Bertz CT molecular complexity index is 1050. The number of fused-ring (bicyclic) bond motifs is 3. The first-order chi connectivity index (χ1) is 12.9. The summed E-state index contributed by atoms with van der Waals surface area (Å²) in [4.78, 5) is 26.1. The van der Waals surface area contributed by atoms with Crippen molar-refractivity contribution >= 4 is 34.2 Å². The standard InChI is InChI=1S/C19H19ClFN3O3/c1-8-14-4-9(22-8)6-24(14)17-13(21)5-11-16(15(17)20)23(10-2-3-10)7-12(18(11)25)19(26)27/h5,7-10,14,22H,2-4,6H2,1H3,(H,26,27). The first kappa shape index (κ1) is 17.0. The van der Waals surface area contributed by atoms with Crippen molar-refractivity contribution in [2.75, 3.05) is 11.4 Å². The Balaban J connectivity index is 1.78. The molecule has 0 amide bonds. The fraction of sp³-hybridized carbons (Fsp3) is 0.474. The number of hydrogen-bond acceptors (Lipinski definition) is 4. The minimum Gasteiger partial charge on any atom is -0.477 e. The lowest BCUT2D eigenvalue weighted by atomic mass is 10.1. The van der Waals surface area contributed by atoms with Gasteiger partial charge in [-0.1, -0.05) is 11.6 Å². The van der Waals surface area contributed by atoms with Gasteiger partial charge in [0.05, 0.1) is 21.6 Å². The molecule has 3 fully saturated rings. The third kappa shape index (κ3) is 2.41. The van der Waals surface area contributed by atoms with E-state index in [9.17, 15) is 14.7 Å². The van der Waals surface area contributed by atoms with E-state index in [2.05, 4.69) is 12.2 Å². The van der Waals surface area contributed by atoms with E-state index in [0.29, 0.717) is 23.8 Å². The van der Waals surface area contributed by atoms with Gasteiger partial charge in [0.25, 0.3) is 0 Å². The summed E-state index contributed by atoms with van der Waals surface area (Å²) in [5, 5.41) is 13.1. The van der Waals surface area contributed by atoms with Gasteiger partial charge in [-0.3, -0.25) is 4.79 Å². The summed E-state index contributed by atoms with van der Waals surface area (Å²) >= 11 is 6.68. The fourth-order valence-electron chi connectivity index (χ4n) is 4.69. The second kappa shape index (κ2) is 5.69. The van der Waals surface area contributed by atoms with Crippen LogP contribution in [0.2, 0.25) is 5.02 Å². The maximum absolute atomic E-state index is 15.1. The molecule has 3 aliphatic rings. The van der Waals surface area contributed by atoms with Crippen LogP contribution < -0.4 is 15.6 Å². The fourth-order valence-corrected chi connectivity index (χ4v) is 5.09.